The minimum Gasteiger partial charge on any atom is -0.402 e. The first-order chi connectivity index (χ1) is 12.4. The number of amides is 2. The lowest BCUT2D eigenvalue weighted by Crippen LogP contribution is -2.31. The second-order valence-corrected chi connectivity index (χ2v) is 7.44. The summed E-state index contributed by atoms with van der Waals surface area (Å²) in [4.78, 5) is 23.6. The molecule has 2 unspecified atom stereocenters. The van der Waals surface area contributed by atoms with E-state index in [-0.39, 0.29) is 23.6 Å². The van der Waals surface area contributed by atoms with E-state index >= 15 is 0 Å². The second kappa shape index (κ2) is 7.91. The van der Waals surface area contributed by atoms with Crippen LogP contribution in [0, 0.1) is 11.3 Å². The number of halogens is 1. The summed E-state index contributed by atoms with van der Waals surface area (Å²) in [6, 6.07) is 7.38. The van der Waals surface area contributed by atoms with Gasteiger partial charge in [-0.1, -0.05) is 23.7 Å². The van der Waals surface area contributed by atoms with E-state index in [4.69, 9.17) is 22.7 Å². The van der Waals surface area contributed by atoms with Crippen LogP contribution < -0.4 is 16.4 Å². The molecule has 1 aliphatic heterocycles. The van der Waals surface area contributed by atoms with Crippen molar-refractivity contribution < 1.29 is 9.59 Å². The smallest absolute Gasteiger partial charge is 0.269 e. The monoisotopic (exact) mass is 374 g/mol. The molecule has 1 heterocycles. The number of carbonyl (C=O) groups is 2. The molecule has 1 aromatic carbocycles. The van der Waals surface area contributed by atoms with Gasteiger partial charge in [0, 0.05) is 35.3 Å². The van der Waals surface area contributed by atoms with Crippen molar-refractivity contribution in [3.05, 3.63) is 46.1 Å². The molecule has 0 bridgehead atoms. The number of carbonyl (C=O) groups excluding carboxylic acids is 2. The van der Waals surface area contributed by atoms with Crippen LogP contribution in [0.15, 0.2) is 35.5 Å². The first-order valence-electron chi connectivity index (χ1n) is 8.80. The Morgan fingerprint density at radius 2 is 2.04 bits per heavy atom. The Bertz CT molecular complexity index is 757. The van der Waals surface area contributed by atoms with Gasteiger partial charge in [0.2, 0.25) is 5.91 Å². The van der Waals surface area contributed by atoms with Gasteiger partial charge < -0.3 is 16.4 Å². The SMILES string of the molecule is N=C(C(=O)NCc1ccc(Cl)cc1)C1=C(N)CC(CC2CCC(=O)N2)C1. The molecule has 6 nitrogen and oxygen atoms in total. The Morgan fingerprint density at radius 3 is 2.69 bits per heavy atom. The zero-order chi connectivity index (χ0) is 18.7. The molecule has 2 atom stereocenters. The third kappa shape index (κ3) is 4.43. The number of nitrogens with two attached hydrogens (primary N) is 1. The minimum atomic E-state index is -0.423. The molecule has 7 heteroatoms. The maximum Gasteiger partial charge on any atom is 0.269 e. The van der Waals surface area contributed by atoms with Crippen LogP contribution in [0.4, 0.5) is 0 Å². The summed E-state index contributed by atoms with van der Waals surface area (Å²) in [6.07, 6.45) is 3.56. The van der Waals surface area contributed by atoms with Gasteiger partial charge in [-0.2, -0.15) is 0 Å². The lowest BCUT2D eigenvalue weighted by molar-refractivity contribution is -0.119. The molecule has 2 amide bonds. The Hall–Kier alpha value is -2.34. The standard InChI is InChI=1S/C19H23ClN4O2/c20-13-3-1-11(2-4-13)10-23-19(26)18(22)15-8-12(9-16(15)21)7-14-5-6-17(25)24-14/h1-4,12,14,22H,5-10,21H2,(H,23,26)(H,24,25). The first kappa shape index (κ1) is 18.5. The van der Waals surface area contributed by atoms with Crippen LogP contribution in [0.1, 0.15) is 37.7 Å². The van der Waals surface area contributed by atoms with Gasteiger partial charge in [0.15, 0.2) is 0 Å². The molecular formula is C19H23ClN4O2. The lowest BCUT2D eigenvalue weighted by Gasteiger charge is -2.16. The highest BCUT2D eigenvalue weighted by Crippen LogP contribution is 2.33. The maximum atomic E-state index is 12.3. The average Bonchev–Trinajstić information content (AvgIpc) is 3.19. The van der Waals surface area contributed by atoms with Gasteiger partial charge in [-0.25, -0.2) is 0 Å². The van der Waals surface area contributed by atoms with Gasteiger partial charge in [0.1, 0.15) is 5.71 Å². The summed E-state index contributed by atoms with van der Waals surface area (Å²) in [5.41, 5.74) is 8.19. The summed E-state index contributed by atoms with van der Waals surface area (Å²) in [6.45, 7) is 0.336. The van der Waals surface area contributed by atoms with E-state index in [2.05, 4.69) is 10.6 Å². The van der Waals surface area contributed by atoms with E-state index < -0.39 is 5.91 Å². The predicted octanol–water partition coefficient (Wildman–Crippen LogP) is 2.27. The van der Waals surface area contributed by atoms with Crippen LogP contribution in [0.5, 0.6) is 0 Å². The van der Waals surface area contributed by atoms with Crippen LogP contribution >= 0.6 is 11.6 Å². The van der Waals surface area contributed by atoms with Crippen LogP contribution in [0.2, 0.25) is 5.02 Å². The van der Waals surface area contributed by atoms with Crippen molar-refractivity contribution in [2.45, 2.75) is 44.7 Å². The number of nitrogens with one attached hydrogen (secondary N) is 3. The van der Waals surface area contributed by atoms with Gasteiger partial charge in [0.25, 0.3) is 5.91 Å². The molecule has 0 aromatic heterocycles. The second-order valence-electron chi connectivity index (χ2n) is 7.00. The highest BCUT2D eigenvalue weighted by molar-refractivity contribution is 6.44. The van der Waals surface area contributed by atoms with Crippen LogP contribution in [0.25, 0.3) is 0 Å². The van der Waals surface area contributed by atoms with Gasteiger partial charge in [-0.05, 0) is 49.3 Å². The van der Waals surface area contributed by atoms with Crippen molar-refractivity contribution in [1.82, 2.24) is 10.6 Å². The molecule has 138 valence electrons. The van der Waals surface area contributed by atoms with Crippen molar-refractivity contribution in [2.24, 2.45) is 11.7 Å². The quantitative estimate of drug-likeness (QED) is 0.573. The average molecular weight is 375 g/mol. The number of hydrogen-bond donors (Lipinski definition) is 4. The Kier molecular flexibility index (Phi) is 5.61. The lowest BCUT2D eigenvalue weighted by atomic mass is 9.94. The van der Waals surface area contributed by atoms with Gasteiger partial charge in [0.05, 0.1) is 0 Å². The fourth-order valence-corrected chi connectivity index (χ4v) is 3.75. The van der Waals surface area contributed by atoms with Gasteiger partial charge in [-0.15, -0.1) is 0 Å². The minimum absolute atomic E-state index is 0.0607. The summed E-state index contributed by atoms with van der Waals surface area (Å²) in [5.74, 6) is -0.0472. The zero-order valence-corrected chi connectivity index (χ0v) is 15.2. The normalized spacial score (nSPS) is 22.4. The Balaban J connectivity index is 1.51. The topological polar surface area (TPSA) is 108 Å². The number of benzene rings is 1. The van der Waals surface area contributed by atoms with Gasteiger partial charge in [-0.3, -0.25) is 15.0 Å². The molecule has 1 saturated heterocycles. The van der Waals surface area contributed by atoms with Crippen molar-refractivity contribution in [1.29, 1.82) is 5.41 Å². The molecule has 0 radical (unpaired) electrons. The molecule has 26 heavy (non-hydrogen) atoms. The third-order valence-electron chi connectivity index (χ3n) is 4.99. The number of allylic oxidation sites excluding steroid dienone is 1. The van der Waals surface area contributed by atoms with Gasteiger partial charge >= 0.3 is 0 Å². The van der Waals surface area contributed by atoms with Crippen molar-refractivity contribution >= 4 is 29.1 Å². The van der Waals surface area contributed by atoms with Crippen LogP contribution in [0.3, 0.4) is 0 Å². The van der Waals surface area contributed by atoms with E-state index in [0.29, 0.717) is 42.1 Å². The first-order valence-corrected chi connectivity index (χ1v) is 9.18. The van der Waals surface area contributed by atoms with Crippen molar-refractivity contribution in [3.8, 4) is 0 Å². The van der Waals surface area contributed by atoms with E-state index in [1.54, 1.807) is 12.1 Å². The molecule has 1 aromatic rings. The van der Waals surface area contributed by atoms with Crippen LogP contribution in [-0.2, 0) is 16.1 Å². The molecule has 2 aliphatic rings. The zero-order valence-electron chi connectivity index (χ0n) is 14.5. The largest absolute Gasteiger partial charge is 0.402 e. The summed E-state index contributed by atoms with van der Waals surface area (Å²) >= 11 is 5.84. The molecule has 3 rings (SSSR count). The Morgan fingerprint density at radius 1 is 1.31 bits per heavy atom. The number of rotatable bonds is 6. The summed E-state index contributed by atoms with van der Waals surface area (Å²) in [7, 11) is 0. The van der Waals surface area contributed by atoms with E-state index in [1.807, 2.05) is 12.1 Å². The van der Waals surface area contributed by atoms with Crippen molar-refractivity contribution in [3.63, 3.8) is 0 Å². The number of hydrogen-bond acceptors (Lipinski definition) is 4. The Labute approximate surface area is 157 Å². The molecule has 0 saturated carbocycles. The molecule has 1 aliphatic carbocycles. The molecule has 1 fully saturated rings. The van der Waals surface area contributed by atoms with Crippen LogP contribution in [-0.4, -0.2) is 23.6 Å². The predicted molar refractivity (Wildman–Crippen MR) is 101 cm³/mol. The molecular weight excluding hydrogens is 352 g/mol. The van der Waals surface area contributed by atoms with E-state index in [1.165, 1.54) is 0 Å². The van der Waals surface area contributed by atoms with E-state index in [9.17, 15) is 9.59 Å². The fourth-order valence-electron chi connectivity index (χ4n) is 3.62. The highest BCUT2D eigenvalue weighted by atomic mass is 35.5. The maximum absolute atomic E-state index is 12.3. The fraction of sp³-hybridized carbons (Fsp3) is 0.421. The molecule has 5 N–H and O–H groups in total. The van der Waals surface area contributed by atoms with Crippen molar-refractivity contribution in [2.75, 3.05) is 0 Å². The molecule has 0 spiro atoms. The third-order valence-corrected chi connectivity index (χ3v) is 5.24. The summed E-state index contributed by atoms with van der Waals surface area (Å²) in [5, 5.41) is 14.5. The van der Waals surface area contributed by atoms with E-state index in [0.717, 1.165) is 18.4 Å². The summed E-state index contributed by atoms with van der Waals surface area (Å²) < 4.78 is 0. The highest BCUT2D eigenvalue weighted by Gasteiger charge is 2.31.